The summed E-state index contributed by atoms with van der Waals surface area (Å²) in [5.74, 6) is -2.78. The van der Waals surface area contributed by atoms with Gasteiger partial charge in [-0.2, -0.15) is 4.31 Å². The van der Waals surface area contributed by atoms with E-state index in [0.29, 0.717) is 0 Å². The van der Waals surface area contributed by atoms with Gasteiger partial charge in [0.1, 0.15) is 36.3 Å². The molecular formula is C26H39N7O19P3S-. The molecule has 2 amide bonds. The molecule has 3 rings (SSSR count). The van der Waals surface area contributed by atoms with Crippen molar-refractivity contribution in [3.8, 4) is 0 Å². The molecular weight excluding hydrogens is 839 g/mol. The van der Waals surface area contributed by atoms with E-state index in [0.717, 1.165) is 41.1 Å². The monoisotopic (exact) mass is 878 g/mol. The third kappa shape index (κ3) is 14.6. The maximum Gasteiger partial charge on any atom is 0.481 e. The molecule has 2 aromatic heterocycles. The number of ether oxygens (including phenoxy) is 1. The van der Waals surface area contributed by atoms with E-state index in [4.69, 9.17) is 19.5 Å². The molecule has 0 aliphatic carbocycles. The van der Waals surface area contributed by atoms with Gasteiger partial charge in [0, 0.05) is 43.1 Å². The van der Waals surface area contributed by atoms with Crippen LogP contribution in [0.15, 0.2) is 24.8 Å². The van der Waals surface area contributed by atoms with Crippen LogP contribution in [0.3, 0.4) is 0 Å². The van der Waals surface area contributed by atoms with Crippen molar-refractivity contribution in [3.05, 3.63) is 24.8 Å². The number of aliphatic hydroxyl groups excluding tert-OH is 2. The van der Waals surface area contributed by atoms with Gasteiger partial charge in [-0.25, -0.2) is 28.6 Å². The molecule has 7 atom stereocenters. The van der Waals surface area contributed by atoms with E-state index in [1.54, 1.807) is 0 Å². The van der Waals surface area contributed by atoms with E-state index in [2.05, 4.69) is 34.4 Å². The van der Waals surface area contributed by atoms with Crippen LogP contribution >= 0.6 is 35.2 Å². The zero-order chi connectivity index (χ0) is 42.1. The number of phosphoric ester groups is 3. The average molecular weight is 879 g/mol. The summed E-state index contributed by atoms with van der Waals surface area (Å²) >= 11 is 0.822. The number of aromatic nitrogens is 4. The van der Waals surface area contributed by atoms with Crippen LogP contribution in [-0.2, 0) is 55.5 Å². The zero-order valence-corrected chi connectivity index (χ0v) is 32.8. The highest BCUT2D eigenvalue weighted by Gasteiger charge is 2.50. The molecule has 3 heterocycles. The second-order valence-corrected chi connectivity index (χ2v) is 17.6. The number of amides is 2. The van der Waals surface area contributed by atoms with Crippen molar-refractivity contribution in [1.82, 2.24) is 30.2 Å². The zero-order valence-electron chi connectivity index (χ0n) is 29.3. The van der Waals surface area contributed by atoms with Crippen molar-refractivity contribution in [2.24, 2.45) is 5.41 Å². The molecule has 1 fully saturated rings. The molecule has 0 saturated carbocycles. The topological polar surface area (TPSA) is 404 Å². The van der Waals surface area contributed by atoms with E-state index in [-0.39, 0.29) is 42.2 Å². The maximum absolute atomic E-state index is 12.6. The molecule has 56 heavy (non-hydrogen) atoms. The molecule has 0 spiro atoms. The van der Waals surface area contributed by atoms with Crippen LogP contribution in [0.2, 0.25) is 0 Å². The maximum atomic E-state index is 12.6. The number of carboxylic acid groups (broad SMARTS) is 1. The number of aliphatic carboxylic acids is 1. The van der Waals surface area contributed by atoms with E-state index in [9.17, 15) is 67.8 Å². The molecule has 26 nitrogen and oxygen atoms in total. The Bertz CT molecular complexity index is 1910. The number of nitrogens with zero attached hydrogens (tertiary/aromatic N) is 4. The minimum atomic E-state index is -5.59. The van der Waals surface area contributed by atoms with Crippen LogP contribution in [0.4, 0.5) is 5.82 Å². The van der Waals surface area contributed by atoms with Crippen molar-refractivity contribution in [2.75, 3.05) is 37.8 Å². The van der Waals surface area contributed by atoms with Crippen LogP contribution in [0, 0.1) is 5.41 Å². The Labute approximate surface area is 320 Å². The number of phosphoric acid groups is 3. The Morgan fingerprint density at radius 2 is 1.77 bits per heavy atom. The van der Waals surface area contributed by atoms with Crippen LogP contribution < -0.4 is 21.5 Å². The Hall–Kier alpha value is -3.23. The molecule has 1 aliphatic heterocycles. The fraction of sp³-hybridized carbons (Fsp3) is 0.577. The number of aliphatic hydroxyl groups is 2. The normalized spacial score (nSPS) is 21.7. The van der Waals surface area contributed by atoms with Crippen LogP contribution in [0.1, 0.15) is 32.9 Å². The number of nitrogens with two attached hydrogens (primary N) is 1. The van der Waals surface area contributed by atoms with Crippen molar-refractivity contribution < 1.29 is 90.4 Å². The number of thioether (sulfide) groups is 1. The number of hydrogen-bond donors (Lipinski definition) is 9. The molecule has 0 aromatic carbocycles. The summed E-state index contributed by atoms with van der Waals surface area (Å²) in [6, 6.07) is 0. The SMILES string of the molecule is CC(C)(COP(=O)(O)OP(=O)(O)OC[C@H]1O[C@@H](n2cnc3c(N)ncnc32)[C@H](O)[C@@H]1OP(=O)(O)O)[C@@H](O)C(=O)NCCC(=O)NCCSC(=O)/C=C/CC(=O)[O-]. The van der Waals surface area contributed by atoms with E-state index in [1.165, 1.54) is 13.8 Å². The van der Waals surface area contributed by atoms with Crippen LogP contribution in [0.5, 0.6) is 0 Å². The number of imidazole rings is 1. The van der Waals surface area contributed by atoms with Gasteiger partial charge in [0.15, 0.2) is 17.7 Å². The quantitative estimate of drug-likeness (QED) is 0.0331. The highest BCUT2D eigenvalue weighted by atomic mass is 32.2. The minimum Gasteiger partial charge on any atom is -0.550 e. The number of hydrogen-bond acceptors (Lipinski definition) is 20. The number of carboxylic acids is 1. The molecule has 0 radical (unpaired) electrons. The van der Waals surface area contributed by atoms with E-state index in [1.807, 2.05) is 0 Å². The van der Waals surface area contributed by atoms with Gasteiger partial charge in [-0.05, 0) is 6.08 Å². The Kier molecular flexibility index (Phi) is 16.8. The Balaban J connectivity index is 1.48. The summed E-state index contributed by atoms with van der Waals surface area (Å²) in [6.07, 6.45) is -5.35. The number of anilines is 1. The predicted molar refractivity (Wildman–Crippen MR) is 186 cm³/mol. The van der Waals surface area contributed by atoms with E-state index < -0.39 is 102 Å². The van der Waals surface area contributed by atoms with Crippen LogP contribution in [0.25, 0.3) is 11.2 Å². The minimum absolute atomic E-state index is 0.0180. The summed E-state index contributed by atoms with van der Waals surface area (Å²) in [5, 5.41) is 36.1. The summed E-state index contributed by atoms with van der Waals surface area (Å²) in [4.78, 5) is 97.3. The highest BCUT2D eigenvalue weighted by molar-refractivity contribution is 8.14. The smallest absolute Gasteiger partial charge is 0.481 e. The van der Waals surface area contributed by atoms with Gasteiger partial charge in [0.05, 0.1) is 19.5 Å². The fourth-order valence-corrected chi connectivity index (χ4v) is 8.01. The third-order valence-electron chi connectivity index (χ3n) is 7.28. The highest BCUT2D eigenvalue weighted by Crippen LogP contribution is 2.61. The number of nitrogens with one attached hydrogen (secondary N) is 2. The molecule has 2 aromatic rings. The first kappa shape index (κ1) is 47.1. The Morgan fingerprint density at radius 3 is 2.43 bits per heavy atom. The predicted octanol–water partition coefficient (Wildman–Crippen LogP) is -2.64. The average Bonchev–Trinajstić information content (AvgIpc) is 3.64. The van der Waals surface area contributed by atoms with Gasteiger partial charge in [-0.15, -0.1) is 0 Å². The first-order chi connectivity index (χ1) is 25.9. The molecule has 0 bridgehead atoms. The third-order valence-corrected chi connectivity index (χ3v) is 11.2. The molecule has 10 N–H and O–H groups in total. The summed E-state index contributed by atoms with van der Waals surface area (Å²) in [6.45, 7) is 0.182. The standard InChI is InChI=1S/C26H40N7O19P3S/c1-26(2,21(39)24(40)29-7-6-15(34)28-8-9-56-17(37)5-3-4-16(35)36)11-49-55(46,47)52-54(44,45)48-10-14-20(51-53(41,42)43)19(38)25(50-14)33-13-32-18-22(27)30-12-31-23(18)33/h3,5,12-14,19-21,25,38-39H,4,6-11H2,1-2H3,(H,28,34)(H,29,40)(H,35,36)(H,44,45)(H,46,47)(H2,27,30,31)(H2,41,42,43)/p-1/b5-3+/t14-,19-,20-,21+,25-/m1/s1. The second-order valence-electron chi connectivity index (χ2n) is 12.2. The summed E-state index contributed by atoms with van der Waals surface area (Å²) in [5.41, 5.74) is 4.19. The largest absolute Gasteiger partial charge is 0.550 e. The van der Waals surface area contributed by atoms with Gasteiger partial charge in [-0.1, -0.05) is 31.7 Å². The first-order valence-corrected chi connectivity index (χ1v) is 21.3. The van der Waals surface area contributed by atoms with Gasteiger partial charge in [0.25, 0.3) is 0 Å². The molecule has 2 unspecified atom stereocenters. The second kappa shape index (κ2) is 20.0. The lowest BCUT2D eigenvalue weighted by Crippen LogP contribution is -2.46. The molecule has 1 saturated heterocycles. The van der Waals surface area contributed by atoms with E-state index >= 15 is 0 Å². The number of nitrogen functional groups attached to an aromatic ring is 1. The van der Waals surface area contributed by atoms with Crippen molar-refractivity contribution >= 4 is 75.1 Å². The molecule has 314 valence electrons. The van der Waals surface area contributed by atoms with Crippen molar-refractivity contribution in [2.45, 2.75) is 57.3 Å². The van der Waals surface area contributed by atoms with Gasteiger partial charge < -0.3 is 60.8 Å². The van der Waals surface area contributed by atoms with Gasteiger partial charge in [0.2, 0.25) is 16.9 Å². The number of rotatable bonds is 22. The lowest BCUT2D eigenvalue weighted by molar-refractivity contribution is -0.304. The number of carbonyl (C=O) groups is 4. The van der Waals surface area contributed by atoms with Gasteiger partial charge >= 0.3 is 23.5 Å². The van der Waals surface area contributed by atoms with Crippen molar-refractivity contribution in [3.63, 3.8) is 0 Å². The number of fused-ring (bicyclic) bond motifs is 1. The number of carbonyl (C=O) groups excluding carboxylic acids is 4. The lowest BCUT2D eigenvalue weighted by Gasteiger charge is -2.30. The molecule has 30 heteroatoms. The Morgan fingerprint density at radius 1 is 1.09 bits per heavy atom. The van der Waals surface area contributed by atoms with Gasteiger partial charge in [-0.3, -0.25) is 32.5 Å². The van der Waals surface area contributed by atoms with Crippen LogP contribution in [-0.4, -0.2) is 129 Å². The summed E-state index contributed by atoms with van der Waals surface area (Å²) in [7, 11) is -16.4. The molecule has 1 aliphatic rings. The van der Waals surface area contributed by atoms with Crippen molar-refractivity contribution in [1.29, 1.82) is 0 Å². The lowest BCUT2D eigenvalue weighted by atomic mass is 9.87. The fourth-order valence-electron chi connectivity index (χ4n) is 4.58. The first-order valence-electron chi connectivity index (χ1n) is 15.8. The summed E-state index contributed by atoms with van der Waals surface area (Å²) < 4.78 is 61.9.